The number of hydrogen-bond acceptors (Lipinski definition) is 6. The number of nitrogens with zero attached hydrogens (tertiary/aromatic N) is 3. The van der Waals surface area contributed by atoms with E-state index in [0.717, 1.165) is 24.3 Å². The topological polar surface area (TPSA) is 75.3 Å². The Hall–Kier alpha value is -1.59. The monoisotopic (exact) mass is 261 g/mol. The van der Waals surface area contributed by atoms with Crippen LogP contribution in [0.4, 0.5) is 6.01 Å². The molecule has 2 heterocycles. The van der Waals surface area contributed by atoms with Crippen molar-refractivity contribution in [2.24, 2.45) is 16.8 Å². The standard InChI is InChI=1S/C13H19N5O/c1-8-17-18-12(19-8)15-11-14-7-13(16-11)6-9-2-4-10(13)5-3-9/h9-10H,2-7H2,1H3,(H2,14,15,16,18)/t9?,10?,13-/m0/s1. The summed E-state index contributed by atoms with van der Waals surface area (Å²) in [5, 5.41) is 14.2. The van der Waals surface area contributed by atoms with Crippen molar-refractivity contribution in [3.63, 3.8) is 0 Å². The number of fused-ring (bicyclic) bond motifs is 2. The molecule has 0 unspecified atom stereocenters. The molecule has 1 atom stereocenters. The SMILES string of the molecule is Cc1nnc(NC2=N[C@]3(CN2)CC2CCC3CC2)o1. The minimum absolute atomic E-state index is 0.124. The summed E-state index contributed by atoms with van der Waals surface area (Å²) in [4.78, 5) is 4.93. The van der Waals surface area contributed by atoms with Crippen LogP contribution in [-0.4, -0.2) is 28.2 Å². The first-order valence-corrected chi connectivity index (χ1v) is 7.14. The van der Waals surface area contributed by atoms with Gasteiger partial charge in [-0.1, -0.05) is 17.9 Å². The maximum absolute atomic E-state index is 5.33. The highest BCUT2D eigenvalue weighted by atomic mass is 16.4. The van der Waals surface area contributed by atoms with Crippen molar-refractivity contribution >= 4 is 12.0 Å². The molecule has 1 aromatic heterocycles. The van der Waals surface area contributed by atoms with Gasteiger partial charge in [0.15, 0.2) is 5.96 Å². The summed E-state index contributed by atoms with van der Waals surface area (Å²) in [6.07, 6.45) is 6.70. The summed E-state index contributed by atoms with van der Waals surface area (Å²) in [7, 11) is 0. The molecule has 6 nitrogen and oxygen atoms in total. The van der Waals surface area contributed by atoms with E-state index in [4.69, 9.17) is 9.41 Å². The molecule has 6 heteroatoms. The van der Waals surface area contributed by atoms with Gasteiger partial charge in [-0.3, -0.25) is 5.32 Å². The average Bonchev–Trinajstić information content (AvgIpc) is 2.99. The predicted octanol–water partition coefficient (Wildman–Crippen LogP) is 1.70. The highest BCUT2D eigenvalue weighted by Gasteiger charge is 2.49. The molecule has 2 bridgehead atoms. The maximum Gasteiger partial charge on any atom is 0.322 e. The fourth-order valence-electron chi connectivity index (χ4n) is 3.98. The number of hydrogen-bond donors (Lipinski definition) is 2. The van der Waals surface area contributed by atoms with Crippen molar-refractivity contribution in [2.45, 2.75) is 44.6 Å². The Balaban J connectivity index is 1.54. The van der Waals surface area contributed by atoms with Gasteiger partial charge in [-0.05, 0) is 31.1 Å². The quantitative estimate of drug-likeness (QED) is 0.804. The molecule has 4 aliphatic rings. The second-order valence-electron chi connectivity index (χ2n) is 6.09. The Morgan fingerprint density at radius 2 is 2.11 bits per heavy atom. The van der Waals surface area contributed by atoms with E-state index >= 15 is 0 Å². The molecular weight excluding hydrogens is 242 g/mol. The van der Waals surface area contributed by atoms with Crippen LogP contribution in [0.3, 0.4) is 0 Å². The summed E-state index contributed by atoms with van der Waals surface area (Å²) in [5.74, 6) is 2.97. The maximum atomic E-state index is 5.33. The van der Waals surface area contributed by atoms with E-state index in [1.807, 2.05) is 0 Å². The van der Waals surface area contributed by atoms with Crippen molar-refractivity contribution in [1.82, 2.24) is 15.5 Å². The summed E-state index contributed by atoms with van der Waals surface area (Å²) in [6.45, 7) is 2.73. The van der Waals surface area contributed by atoms with E-state index < -0.39 is 0 Å². The molecule has 3 fully saturated rings. The van der Waals surface area contributed by atoms with E-state index in [1.54, 1.807) is 6.92 Å². The molecule has 1 aromatic rings. The number of aromatic nitrogens is 2. The van der Waals surface area contributed by atoms with Crippen LogP contribution in [-0.2, 0) is 0 Å². The fourth-order valence-corrected chi connectivity index (χ4v) is 3.98. The molecule has 19 heavy (non-hydrogen) atoms. The summed E-state index contributed by atoms with van der Waals surface area (Å²) in [5.41, 5.74) is 0.124. The molecule has 5 rings (SSSR count). The minimum atomic E-state index is 0.124. The van der Waals surface area contributed by atoms with Crippen LogP contribution in [0.2, 0.25) is 0 Å². The van der Waals surface area contributed by atoms with Crippen molar-refractivity contribution in [3.05, 3.63) is 5.89 Å². The van der Waals surface area contributed by atoms with Crippen LogP contribution in [0.25, 0.3) is 0 Å². The molecule has 3 saturated carbocycles. The molecule has 1 spiro atoms. The van der Waals surface area contributed by atoms with Crippen molar-refractivity contribution in [3.8, 4) is 0 Å². The Morgan fingerprint density at radius 3 is 2.74 bits per heavy atom. The number of aliphatic imine (C=N–C) groups is 1. The van der Waals surface area contributed by atoms with Crippen molar-refractivity contribution in [2.75, 3.05) is 11.9 Å². The Labute approximate surface area is 112 Å². The zero-order valence-electron chi connectivity index (χ0n) is 11.1. The third-order valence-corrected chi connectivity index (χ3v) is 4.90. The second-order valence-corrected chi connectivity index (χ2v) is 6.09. The molecule has 0 amide bonds. The highest BCUT2D eigenvalue weighted by molar-refractivity contribution is 5.93. The summed E-state index contributed by atoms with van der Waals surface area (Å²) < 4.78 is 5.33. The third-order valence-electron chi connectivity index (χ3n) is 4.90. The molecular formula is C13H19N5O. The van der Waals surface area contributed by atoms with E-state index in [1.165, 1.54) is 32.1 Å². The van der Waals surface area contributed by atoms with Crippen molar-refractivity contribution in [1.29, 1.82) is 0 Å². The Morgan fingerprint density at radius 1 is 1.26 bits per heavy atom. The van der Waals surface area contributed by atoms with Gasteiger partial charge in [0, 0.05) is 13.5 Å². The lowest BCUT2D eigenvalue weighted by Crippen LogP contribution is -2.48. The van der Waals surface area contributed by atoms with E-state index in [0.29, 0.717) is 11.9 Å². The Kier molecular flexibility index (Phi) is 2.34. The minimum Gasteiger partial charge on any atom is -0.408 e. The zero-order valence-corrected chi connectivity index (χ0v) is 11.1. The second kappa shape index (κ2) is 3.95. The lowest BCUT2D eigenvalue weighted by atomic mass is 9.61. The summed E-state index contributed by atoms with van der Waals surface area (Å²) >= 11 is 0. The van der Waals surface area contributed by atoms with Gasteiger partial charge in [0.25, 0.3) is 0 Å². The zero-order chi connectivity index (χ0) is 12.9. The summed E-state index contributed by atoms with van der Waals surface area (Å²) in [6, 6.07) is 0.418. The molecule has 0 aromatic carbocycles. The molecule has 102 valence electrons. The van der Waals surface area contributed by atoms with Gasteiger partial charge < -0.3 is 9.73 Å². The number of rotatable bonds is 1. The first-order valence-electron chi connectivity index (χ1n) is 7.14. The van der Waals surface area contributed by atoms with Crippen LogP contribution >= 0.6 is 0 Å². The normalized spacial score (nSPS) is 36.4. The van der Waals surface area contributed by atoms with Gasteiger partial charge in [-0.25, -0.2) is 4.99 Å². The van der Waals surface area contributed by atoms with Gasteiger partial charge in [0.1, 0.15) is 0 Å². The van der Waals surface area contributed by atoms with Crippen LogP contribution in [0.5, 0.6) is 0 Å². The molecule has 0 saturated heterocycles. The number of nitrogens with one attached hydrogen (secondary N) is 2. The van der Waals surface area contributed by atoms with Gasteiger partial charge in [0.2, 0.25) is 5.89 Å². The number of anilines is 1. The average molecular weight is 261 g/mol. The van der Waals surface area contributed by atoms with E-state index in [2.05, 4.69) is 20.8 Å². The lowest BCUT2D eigenvalue weighted by Gasteiger charge is -2.47. The number of aryl methyl sites for hydroxylation is 1. The molecule has 3 aliphatic carbocycles. The third kappa shape index (κ3) is 1.81. The predicted molar refractivity (Wildman–Crippen MR) is 70.9 cm³/mol. The van der Waals surface area contributed by atoms with Crippen LogP contribution in [0.15, 0.2) is 9.41 Å². The van der Waals surface area contributed by atoms with Crippen LogP contribution < -0.4 is 10.6 Å². The number of guanidine groups is 1. The van der Waals surface area contributed by atoms with Gasteiger partial charge >= 0.3 is 6.01 Å². The van der Waals surface area contributed by atoms with E-state index in [-0.39, 0.29) is 5.54 Å². The molecule has 0 radical (unpaired) electrons. The largest absolute Gasteiger partial charge is 0.408 e. The molecule has 2 N–H and O–H groups in total. The first-order chi connectivity index (χ1) is 9.23. The van der Waals surface area contributed by atoms with Gasteiger partial charge in [0.05, 0.1) is 5.54 Å². The Bertz CT molecular complexity index is 517. The van der Waals surface area contributed by atoms with Crippen LogP contribution in [0.1, 0.15) is 38.0 Å². The smallest absolute Gasteiger partial charge is 0.322 e. The highest BCUT2D eigenvalue weighted by Crippen LogP contribution is 2.50. The fraction of sp³-hybridized carbons (Fsp3) is 0.769. The lowest BCUT2D eigenvalue weighted by molar-refractivity contribution is 0.0808. The van der Waals surface area contributed by atoms with Crippen molar-refractivity contribution < 1.29 is 4.42 Å². The van der Waals surface area contributed by atoms with Gasteiger partial charge in [-0.15, -0.1) is 5.10 Å². The molecule has 1 aliphatic heterocycles. The van der Waals surface area contributed by atoms with Gasteiger partial charge in [-0.2, -0.15) is 0 Å². The van der Waals surface area contributed by atoms with E-state index in [9.17, 15) is 0 Å². The first kappa shape index (κ1) is 11.3. The van der Waals surface area contributed by atoms with Crippen LogP contribution in [0, 0.1) is 18.8 Å².